The van der Waals surface area contributed by atoms with E-state index in [2.05, 4.69) is 18.8 Å². The maximum Gasteiger partial charge on any atom is 0.265 e. The Morgan fingerprint density at radius 1 is 1.48 bits per heavy atom. The Balaban J connectivity index is 1.71. The molecule has 2 atom stereocenters. The van der Waals surface area contributed by atoms with Gasteiger partial charge in [0.1, 0.15) is 4.88 Å². The van der Waals surface area contributed by atoms with Gasteiger partial charge in [-0.2, -0.15) is 0 Å². The van der Waals surface area contributed by atoms with Crippen molar-refractivity contribution in [3.8, 4) is 0 Å². The van der Waals surface area contributed by atoms with Crippen LogP contribution in [-0.4, -0.2) is 48.3 Å². The number of rotatable bonds is 3. The van der Waals surface area contributed by atoms with Crippen LogP contribution in [-0.2, 0) is 16.3 Å². The van der Waals surface area contributed by atoms with Gasteiger partial charge in [-0.25, -0.2) is 13.4 Å². The van der Waals surface area contributed by atoms with Crippen LogP contribution in [0.15, 0.2) is 6.20 Å². The number of carbonyl (C=O) groups excluding carboxylic acids is 1. The molecule has 2 aliphatic heterocycles. The molecule has 1 aromatic heterocycles. The summed E-state index contributed by atoms with van der Waals surface area (Å²) in [6, 6.07) is 0. The summed E-state index contributed by atoms with van der Waals surface area (Å²) in [6.45, 7) is 5.16. The molecule has 1 aromatic rings. The van der Waals surface area contributed by atoms with Gasteiger partial charge in [0.05, 0.1) is 22.2 Å². The van der Waals surface area contributed by atoms with E-state index in [1.165, 1.54) is 11.3 Å². The van der Waals surface area contributed by atoms with E-state index in [1.54, 1.807) is 11.1 Å². The number of aromatic nitrogens is 1. The number of nitrogens with zero attached hydrogens (tertiary/aromatic N) is 2. The minimum Gasteiger partial charge on any atom is -0.336 e. The summed E-state index contributed by atoms with van der Waals surface area (Å²) in [5.74, 6) is 0.855. The smallest absolute Gasteiger partial charge is 0.265 e. The molecule has 2 fully saturated rings. The summed E-state index contributed by atoms with van der Waals surface area (Å²) in [6.07, 6.45) is 3.20. The van der Waals surface area contributed by atoms with Gasteiger partial charge in [0.2, 0.25) is 0 Å². The number of sulfone groups is 1. The third-order valence-corrected chi connectivity index (χ3v) is 7.52. The molecular weight excluding hydrogens is 308 g/mol. The van der Waals surface area contributed by atoms with Crippen molar-refractivity contribution < 1.29 is 13.2 Å². The first-order valence-corrected chi connectivity index (χ1v) is 9.85. The summed E-state index contributed by atoms with van der Waals surface area (Å²) in [7, 11) is -2.99. The maximum atomic E-state index is 12.5. The number of thiazole rings is 1. The van der Waals surface area contributed by atoms with Gasteiger partial charge in [0, 0.05) is 19.5 Å². The molecule has 1 amide bonds. The van der Waals surface area contributed by atoms with E-state index in [9.17, 15) is 13.2 Å². The second-order valence-corrected chi connectivity index (χ2v) is 9.84. The molecule has 0 spiro atoms. The lowest BCUT2D eigenvalue weighted by Gasteiger charge is -2.15. The molecule has 116 valence electrons. The van der Waals surface area contributed by atoms with Crippen molar-refractivity contribution in [1.82, 2.24) is 9.88 Å². The third kappa shape index (κ3) is 2.85. The zero-order chi connectivity index (χ0) is 15.2. The highest BCUT2D eigenvalue weighted by molar-refractivity contribution is 7.92. The van der Waals surface area contributed by atoms with E-state index < -0.39 is 9.84 Å². The van der Waals surface area contributed by atoms with Crippen LogP contribution in [0.2, 0.25) is 0 Å². The molecule has 3 rings (SSSR count). The molecule has 0 aliphatic carbocycles. The van der Waals surface area contributed by atoms with Crippen LogP contribution in [0.5, 0.6) is 0 Å². The van der Waals surface area contributed by atoms with Crippen LogP contribution in [0, 0.1) is 11.8 Å². The van der Waals surface area contributed by atoms with Crippen LogP contribution in [0.3, 0.4) is 0 Å². The highest BCUT2D eigenvalue weighted by atomic mass is 32.2. The molecule has 0 radical (unpaired) electrons. The summed E-state index contributed by atoms with van der Waals surface area (Å²) in [5.41, 5.74) is 0. The SMILES string of the molecule is CC(C)Cc1ncc(C(=O)N2C[C@@H]3CCS(=O)(=O)[C@@H]3C2)s1. The van der Waals surface area contributed by atoms with Crippen LogP contribution in [0.25, 0.3) is 0 Å². The first kappa shape index (κ1) is 15.0. The number of carbonyl (C=O) groups is 1. The molecule has 5 nitrogen and oxygen atoms in total. The summed E-state index contributed by atoms with van der Waals surface area (Å²) >= 11 is 1.43. The van der Waals surface area contributed by atoms with E-state index >= 15 is 0 Å². The van der Waals surface area contributed by atoms with Crippen molar-refractivity contribution in [2.75, 3.05) is 18.8 Å². The first-order valence-electron chi connectivity index (χ1n) is 7.32. The lowest BCUT2D eigenvalue weighted by Crippen LogP contribution is -2.31. The zero-order valence-corrected chi connectivity index (χ0v) is 13.9. The fourth-order valence-corrected chi connectivity index (χ4v) is 6.41. The van der Waals surface area contributed by atoms with E-state index in [1.807, 2.05) is 0 Å². The van der Waals surface area contributed by atoms with Gasteiger partial charge >= 0.3 is 0 Å². The first-order chi connectivity index (χ1) is 9.87. The minimum atomic E-state index is -2.99. The Hall–Kier alpha value is -0.950. The highest BCUT2D eigenvalue weighted by Crippen LogP contribution is 2.34. The molecule has 0 aromatic carbocycles. The number of fused-ring (bicyclic) bond motifs is 1. The van der Waals surface area contributed by atoms with Crippen LogP contribution >= 0.6 is 11.3 Å². The molecule has 3 heterocycles. The van der Waals surface area contributed by atoms with Crippen molar-refractivity contribution in [3.63, 3.8) is 0 Å². The van der Waals surface area contributed by atoms with Crippen molar-refractivity contribution in [2.45, 2.75) is 31.9 Å². The number of amides is 1. The largest absolute Gasteiger partial charge is 0.336 e. The Kier molecular flexibility index (Phi) is 3.81. The van der Waals surface area contributed by atoms with Crippen molar-refractivity contribution in [1.29, 1.82) is 0 Å². The molecule has 2 saturated heterocycles. The van der Waals surface area contributed by atoms with E-state index in [-0.39, 0.29) is 22.8 Å². The van der Waals surface area contributed by atoms with Crippen LogP contribution < -0.4 is 0 Å². The third-order valence-electron chi connectivity index (χ3n) is 4.25. The predicted octanol–water partition coefficient (Wildman–Crippen LogP) is 1.60. The standard InChI is InChI=1S/C14H20N2O3S2/c1-9(2)5-13-15-6-11(20-13)14(17)16-7-10-3-4-21(18,19)12(10)8-16/h6,9-10,12H,3-5,7-8H2,1-2H3/t10-,12+/m0/s1. The normalized spacial score (nSPS) is 27.3. The zero-order valence-electron chi connectivity index (χ0n) is 12.3. The fraction of sp³-hybridized carbons (Fsp3) is 0.714. The molecule has 2 aliphatic rings. The lowest BCUT2D eigenvalue weighted by atomic mass is 10.1. The fourth-order valence-electron chi connectivity index (χ4n) is 3.17. The number of hydrogen-bond acceptors (Lipinski definition) is 5. The second kappa shape index (κ2) is 5.35. The van der Waals surface area contributed by atoms with Gasteiger partial charge in [-0.3, -0.25) is 4.79 Å². The van der Waals surface area contributed by atoms with Crippen molar-refractivity contribution in [2.24, 2.45) is 11.8 Å². The van der Waals surface area contributed by atoms with E-state index in [4.69, 9.17) is 0 Å². The summed E-state index contributed by atoms with van der Waals surface area (Å²) in [4.78, 5) is 19.1. The molecule has 7 heteroatoms. The predicted molar refractivity (Wildman–Crippen MR) is 82.2 cm³/mol. The Morgan fingerprint density at radius 2 is 2.24 bits per heavy atom. The van der Waals surface area contributed by atoms with Crippen molar-refractivity contribution >= 4 is 27.1 Å². The van der Waals surface area contributed by atoms with Gasteiger partial charge in [-0.05, 0) is 18.3 Å². The van der Waals surface area contributed by atoms with E-state index in [0.717, 1.165) is 11.4 Å². The summed E-state index contributed by atoms with van der Waals surface area (Å²) in [5, 5.41) is 0.630. The second-order valence-electron chi connectivity index (χ2n) is 6.38. The average molecular weight is 328 g/mol. The monoisotopic (exact) mass is 328 g/mol. The lowest BCUT2D eigenvalue weighted by molar-refractivity contribution is 0.0791. The maximum absolute atomic E-state index is 12.5. The van der Waals surface area contributed by atoms with E-state index in [0.29, 0.717) is 30.3 Å². The van der Waals surface area contributed by atoms with Gasteiger partial charge in [0.15, 0.2) is 9.84 Å². The van der Waals surface area contributed by atoms with Gasteiger partial charge in [-0.15, -0.1) is 11.3 Å². The average Bonchev–Trinajstić information content (AvgIpc) is 3.06. The van der Waals surface area contributed by atoms with Crippen molar-refractivity contribution in [3.05, 3.63) is 16.1 Å². The molecule has 0 unspecified atom stereocenters. The van der Waals surface area contributed by atoms with Gasteiger partial charge < -0.3 is 4.90 Å². The Labute approximate surface area is 129 Å². The highest BCUT2D eigenvalue weighted by Gasteiger charge is 2.47. The van der Waals surface area contributed by atoms with Gasteiger partial charge in [0.25, 0.3) is 5.91 Å². The topological polar surface area (TPSA) is 67.3 Å². The molecule has 21 heavy (non-hydrogen) atoms. The van der Waals surface area contributed by atoms with Crippen LogP contribution in [0.4, 0.5) is 0 Å². The molecule has 0 saturated carbocycles. The number of hydrogen-bond donors (Lipinski definition) is 0. The Bertz CT molecular complexity index is 651. The quantitative estimate of drug-likeness (QED) is 0.845. The molecule has 0 N–H and O–H groups in total. The molecule has 0 bridgehead atoms. The number of likely N-dealkylation sites (tertiary alicyclic amines) is 1. The minimum absolute atomic E-state index is 0.0629. The van der Waals surface area contributed by atoms with Crippen LogP contribution in [0.1, 0.15) is 34.9 Å². The van der Waals surface area contributed by atoms with Gasteiger partial charge in [-0.1, -0.05) is 13.8 Å². The summed E-state index contributed by atoms with van der Waals surface area (Å²) < 4.78 is 23.9. The molecular formula is C14H20N2O3S2. The Morgan fingerprint density at radius 3 is 2.90 bits per heavy atom.